The molecule has 0 spiro atoms. The minimum atomic E-state index is -3.39. The number of benzene rings is 1. The summed E-state index contributed by atoms with van der Waals surface area (Å²) in [6.45, 7) is 6.17. The van der Waals surface area contributed by atoms with Crippen LogP contribution in [0.4, 0.5) is 0 Å². The summed E-state index contributed by atoms with van der Waals surface area (Å²) in [4.78, 5) is 0.464. The van der Waals surface area contributed by atoms with Crippen LogP contribution in [-0.2, 0) is 16.6 Å². The third-order valence-electron chi connectivity index (χ3n) is 4.17. The third-order valence-corrected chi connectivity index (χ3v) is 6.22. The van der Waals surface area contributed by atoms with E-state index < -0.39 is 10.0 Å². The summed E-state index contributed by atoms with van der Waals surface area (Å²) in [5.41, 5.74) is 0.861. The molecule has 21 heavy (non-hydrogen) atoms. The van der Waals surface area contributed by atoms with Crippen LogP contribution in [0.3, 0.4) is 0 Å². The van der Waals surface area contributed by atoms with Crippen LogP contribution in [0.25, 0.3) is 0 Å². The van der Waals surface area contributed by atoms with Crippen molar-refractivity contribution in [2.24, 2.45) is 0 Å². The van der Waals surface area contributed by atoms with Gasteiger partial charge in [-0.25, -0.2) is 8.42 Å². The lowest BCUT2D eigenvalue weighted by molar-refractivity contribution is 0.246. The topological polar surface area (TPSA) is 49.4 Å². The van der Waals surface area contributed by atoms with Crippen LogP contribution in [0.15, 0.2) is 29.2 Å². The zero-order valence-electron chi connectivity index (χ0n) is 13.0. The van der Waals surface area contributed by atoms with Gasteiger partial charge in [0.2, 0.25) is 10.0 Å². The van der Waals surface area contributed by atoms with Gasteiger partial charge in [0.1, 0.15) is 0 Å². The third kappa shape index (κ3) is 3.65. The molecule has 1 atom stereocenters. The summed E-state index contributed by atoms with van der Waals surface area (Å²) in [6, 6.07) is 7.51. The van der Waals surface area contributed by atoms with E-state index in [0.717, 1.165) is 37.8 Å². The van der Waals surface area contributed by atoms with Crippen molar-refractivity contribution in [3.63, 3.8) is 0 Å². The number of nitrogens with one attached hydrogen (secondary N) is 1. The standard InChI is InChI=1S/C16H26N2O2S/c1-3-15-10-7-8-12-18(15)21(19,20)16-11-6-5-9-14(16)13-17-4-2/h5-6,9,11,15,17H,3-4,7-8,10,12-13H2,1-2H3. The Morgan fingerprint density at radius 3 is 2.71 bits per heavy atom. The first-order valence-corrected chi connectivity index (χ1v) is 9.35. The maximum absolute atomic E-state index is 13.0. The number of sulfonamides is 1. The summed E-state index contributed by atoms with van der Waals surface area (Å²) < 4.78 is 27.8. The monoisotopic (exact) mass is 310 g/mol. The Morgan fingerprint density at radius 2 is 2.00 bits per heavy atom. The molecule has 1 aliphatic heterocycles. The Kier molecular flexibility index (Phi) is 5.79. The first kappa shape index (κ1) is 16.5. The Morgan fingerprint density at radius 1 is 1.24 bits per heavy atom. The molecular formula is C16H26N2O2S. The average molecular weight is 310 g/mol. The van der Waals surface area contributed by atoms with E-state index in [0.29, 0.717) is 18.0 Å². The zero-order chi connectivity index (χ0) is 15.3. The fourth-order valence-electron chi connectivity index (χ4n) is 2.99. The van der Waals surface area contributed by atoms with E-state index in [2.05, 4.69) is 12.2 Å². The van der Waals surface area contributed by atoms with Gasteiger partial charge in [-0.1, -0.05) is 38.5 Å². The number of hydrogen-bond donors (Lipinski definition) is 1. The molecule has 0 radical (unpaired) electrons. The van der Waals surface area contributed by atoms with Crippen LogP contribution < -0.4 is 5.32 Å². The lowest BCUT2D eigenvalue weighted by Gasteiger charge is -2.34. The van der Waals surface area contributed by atoms with E-state index >= 15 is 0 Å². The fourth-order valence-corrected chi connectivity index (χ4v) is 4.98. The summed E-state index contributed by atoms with van der Waals surface area (Å²) >= 11 is 0. The molecule has 118 valence electrons. The first-order valence-electron chi connectivity index (χ1n) is 7.91. The summed E-state index contributed by atoms with van der Waals surface area (Å²) in [6.07, 6.45) is 3.95. The molecule has 0 bridgehead atoms. The highest BCUT2D eigenvalue weighted by molar-refractivity contribution is 7.89. The highest BCUT2D eigenvalue weighted by Gasteiger charge is 2.33. The van der Waals surface area contributed by atoms with Crippen LogP contribution in [0, 0.1) is 0 Å². The van der Waals surface area contributed by atoms with Gasteiger partial charge in [0.05, 0.1) is 4.90 Å². The minimum Gasteiger partial charge on any atom is -0.313 e. The summed E-state index contributed by atoms with van der Waals surface area (Å²) in [7, 11) is -3.39. The lowest BCUT2D eigenvalue weighted by atomic mass is 10.0. The maximum atomic E-state index is 13.0. The molecular weight excluding hydrogens is 284 g/mol. The van der Waals surface area contributed by atoms with Crippen molar-refractivity contribution >= 4 is 10.0 Å². The lowest BCUT2D eigenvalue weighted by Crippen LogP contribution is -2.43. The smallest absolute Gasteiger partial charge is 0.243 e. The quantitative estimate of drug-likeness (QED) is 0.879. The van der Waals surface area contributed by atoms with Crippen LogP contribution in [-0.4, -0.2) is 31.9 Å². The van der Waals surface area contributed by atoms with Gasteiger partial charge in [-0.3, -0.25) is 0 Å². The largest absolute Gasteiger partial charge is 0.313 e. The van der Waals surface area contributed by atoms with Gasteiger partial charge in [0.15, 0.2) is 0 Å². The van der Waals surface area contributed by atoms with E-state index in [1.807, 2.05) is 25.1 Å². The number of rotatable bonds is 6. The Bertz CT molecular complexity index is 557. The van der Waals surface area contributed by atoms with E-state index in [1.54, 1.807) is 10.4 Å². The molecule has 0 aliphatic carbocycles. The molecule has 1 unspecified atom stereocenters. The molecule has 0 saturated carbocycles. The molecule has 4 nitrogen and oxygen atoms in total. The van der Waals surface area contributed by atoms with Crippen LogP contribution in [0.2, 0.25) is 0 Å². The van der Waals surface area contributed by atoms with E-state index in [-0.39, 0.29) is 6.04 Å². The number of nitrogens with zero attached hydrogens (tertiary/aromatic N) is 1. The summed E-state index contributed by atoms with van der Waals surface area (Å²) in [5, 5.41) is 3.22. The predicted molar refractivity (Wildman–Crippen MR) is 85.6 cm³/mol. The van der Waals surface area contributed by atoms with Crippen LogP contribution in [0.1, 0.15) is 45.1 Å². The van der Waals surface area contributed by atoms with Crippen molar-refractivity contribution in [3.8, 4) is 0 Å². The molecule has 2 rings (SSSR count). The number of hydrogen-bond acceptors (Lipinski definition) is 3. The van der Waals surface area contributed by atoms with Crippen molar-refractivity contribution in [2.75, 3.05) is 13.1 Å². The van der Waals surface area contributed by atoms with Gasteiger partial charge in [-0.2, -0.15) is 4.31 Å². The van der Waals surface area contributed by atoms with Crippen LogP contribution in [0.5, 0.6) is 0 Å². The van der Waals surface area contributed by atoms with Crippen molar-refractivity contribution in [1.82, 2.24) is 9.62 Å². The predicted octanol–water partition coefficient (Wildman–Crippen LogP) is 2.75. The first-order chi connectivity index (χ1) is 10.1. The van der Waals surface area contributed by atoms with E-state index in [1.165, 1.54) is 0 Å². The fraction of sp³-hybridized carbons (Fsp3) is 0.625. The zero-order valence-corrected chi connectivity index (χ0v) is 13.8. The molecule has 1 aromatic carbocycles. The molecule has 1 aliphatic rings. The van der Waals surface area contributed by atoms with Gasteiger partial charge in [0.25, 0.3) is 0 Å². The highest BCUT2D eigenvalue weighted by atomic mass is 32.2. The van der Waals surface area contributed by atoms with Crippen molar-refractivity contribution in [2.45, 2.75) is 57.0 Å². The van der Waals surface area contributed by atoms with Gasteiger partial charge >= 0.3 is 0 Å². The van der Waals surface area contributed by atoms with Crippen molar-refractivity contribution in [3.05, 3.63) is 29.8 Å². The maximum Gasteiger partial charge on any atom is 0.243 e. The second-order valence-corrected chi connectivity index (χ2v) is 7.42. The van der Waals surface area contributed by atoms with E-state index in [9.17, 15) is 8.42 Å². The minimum absolute atomic E-state index is 0.149. The second kappa shape index (κ2) is 7.38. The molecule has 1 heterocycles. The molecule has 1 N–H and O–H groups in total. The van der Waals surface area contributed by atoms with E-state index in [4.69, 9.17) is 0 Å². The normalized spacial score (nSPS) is 20.6. The number of piperidine rings is 1. The average Bonchev–Trinajstić information content (AvgIpc) is 2.53. The van der Waals surface area contributed by atoms with Gasteiger partial charge in [0, 0.05) is 19.1 Å². The highest BCUT2D eigenvalue weighted by Crippen LogP contribution is 2.28. The summed E-state index contributed by atoms with van der Waals surface area (Å²) in [5.74, 6) is 0. The van der Waals surface area contributed by atoms with Gasteiger partial charge < -0.3 is 5.32 Å². The molecule has 1 aromatic rings. The van der Waals surface area contributed by atoms with Crippen LogP contribution >= 0.6 is 0 Å². The molecule has 0 amide bonds. The Hall–Kier alpha value is -0.910. The van der Waals surface area contributed by atoms with Gasteiger partial charge in [-0.15, -0.1) is 0 Å². The molecule has 1 saturated heterocycles. The van der Waals surface area contributed by atoms with Gasteiger partial charge in [-0.05, 0) is 37.4 Å². The van der Waals surface area contributed by atoms with Crippen molar-refractivity contribution in [1.29, 1.82) is 0 Å². The Labute approximate surface area is 128 Å². The second-order valence-electron chi connectivity index (χ2n) is 5.56. The Balaban J connectivity index is 2.34. The molecule has 5 heteroatoms. The molecule has 1 fully saturated rings. The SMILES string of the molecule is CCNCc1ccccc1S(=O)(=O)N1CCCCC1CC. The molecule has 0 aromatic heterocycles. The van der Waals surface area contributed by atoms with Crippen molar-refractivity contribution < 1.29 is 8.42 Å².